The fourth-order valence-electron chi connectivity index (χ4n) is 1.66. The molecule has 1 aromatic rings. The number of hydrogen-bond donors (Lipinski definition) is 1. The first-order valence-electron chi connectivity index (χ1n) is 4.82. The predicted octanol–water partition coefficient (Wildman–Crippen LogP) is 2.33. The van der Waals surface area contributed by atoms with Crippen LogP contribution in [-0.2, 0) is 4.79 Å². The van der Waals surface area contributed by atoms with E-state index in [4.69, 9.17) is 0 Å². The second kappa shape index (κ2) is 3.66. The van der Waals surface area contributed by atoms with Gasteiger partial charge in [-0.15, -0.1) is 0 Å². The molecular formula is C12H13NO. The SMILES string of the molecule is CC1=C(c2ccccc2)NC(=O)CC1. The number of hydrogen-bond acceptors (Lipinski definition) is 1. The minimum atomic E-state index is 0.120. The highest BCUT2D eigenvalue weighted by Crippen LogP contribution is 2.22. The largest absolute Gasteiger partial charge is 0.326 e. The number of carbonyl (C=O) groups is 1. The molecule has 72 valence electrons. The van der Waals surface area contributed by atoms with Crippen LogP contribution in [0.5, 0.6) is 0 Å². The van der Waals surface area contributed by atoms with Gasteiger partial charge in [-0.2, -0.15) is 0 Å². The molecule has 0 spiro atoms. The maximum Gasteiger partial charge on any atom is 0.224 e. The lowest BCUT2D eigenvalue weighted by atomic mass is 10.00. The summed E-state index contributed by atoms with van der Waals surface area (Å²) in [5.74, 6) is 0.120. The molecule has 1 amide bonds. The van der Waals surface area contributed by atoms with Crippen LogP contribution in [0.2, 0.25) is 0 Å². The van der Waals surface area contributed by atoms with E-state index in [0.29, 0.717) is 6.42 Å². The first-order valence-corrected chi connectivity index (χ1v) is 4.82. The van der Waals surface area contributed by atoms with Gasteiger partial charge in [0.05, 0.1) is 0 Å². The van der Waals surface area contributed by atoms with Crippen molar-refractivity contribution in [1.82, 2.24) is 5.32 Å². The zero-order chi connectivity index (χ0) is 9.97. The van der Waals surface area contributed by atoms with E-state index in [2.05, 4.69) is 12.2 Å². The summed E-state index contributed by atoms with van der Waals surface area (Å²) < 4.78 is 0. The lowest BCUT2D eigenvalue weighted by Gasteiger charge is -2.18. The molecule has 0 radical (unpaired) electrons. The van der Waals surface area contributed by atoms with Crippen molar-refractivity contribution in [2.24, 2.45) is 0 Å². The molecule has 0 saturated carbocycles. The van der Waals surface area contributed by atoms with Gasteiger partial charge in [-0.25, -0.2) is 0 Å². The summed E-state index contributed by atoms with van der Waals surface area (Å²) in [6.45, 7) is 2.07. The molecular weight excluding hydrogens is 174 g/mol. The van der Waals surface area contributed by atoms with E-state index in [-0.39, 0.29) is 5.91 Å². The molecule has 0 aliphatic carbocycles. The minimum absolute atomic E-state index is 0.120. The Balaban J connectivity index is 2.38. The molecule has 1 heterocycles. The van der Waals surface area contributed by atoms with E-state index in [1.807, 2.05) is 30.3 Å². The average Bonchev–Trinajstić information content (AvgIpc) is 2.23. The summed E-state index contributed by atoms with van der Waals surface area (Å²) in [5, 5.41) is 2.92. The highest BCUT2D eigenvalue weighted by Gasteiger charge is 2.15. The fraction of sp³-hybridized carbons (Fsp3) is 0.250. The number of amides is 1. The third-order valence-electron chi connectivity index (χ3n) is 2.48. The Hall–Kier alpha value is -1.57. The maximum atomic E-state index is 11.2. The quantitative estimate of drug-likeness (QED) is 0.718. The molecule has 2 heteroatoms. The molecule has 1 aromatic carbocycles. The van der Waals surface area contributed by atoms with Crippen molar-refractivity contribution in [3.05, 3.63) is 41.5 Å². The Morgan fingerprint density at radius 1 is 1.14 bits per heavy atom. The molecule has 1 N–H and O–H groups in total. The molecule has 2 nitrogen and oxygen atoms in total. The van der Waals surface area contributed by atoms with E-state index in [0.717, 1.165) is 17.7 Å². The van der Waals surface area contributed by atoms with Gasteiger partial charge in [-0.3, -0.25) is 4.79 Å². The molecule has 0 bridgehead atoms. The standard InChI is InChI=1S/C12H13NO/c1-9-7-8-11(14)13-12(9)10-5-3-2-4-6-10/h2-6H,7-8H2,1H3,(H,13,14). The first-order chi connectivity index (χ1) is 6.77. The van der Waals surface area contributed by atoms with E-state index in [1.165, 1.54) is 5.57 Å². The van der Waals surface area contributed by atoms with Crippen LogP contribution in [-0.4, -0.2) is 5.91 Å². The van der Waals surface area contributed by atoms with E-state index < -0.39 is 0 Å². The summed E-state index contributed by atoms with van der Waals surface area (Å²) in [5.41, 5.74) is 3.34. The Morgan fingerprint density at radius 2 is 1.86 bits per heavy atom. The zero-order valence-electron chi connectivity index (χ0n) is 8.21. The van der Waals surface area contributed by atoms with Gasteiger partial charge in [0, 0.05) is 12.1 Å². The second-order valence-corrected chi connectivity index (χ2v) is 3.57. The number of benzene rings is 1. The topological polar surface area (TPSA) is 29.1 Å². The Labute approximate surface area is 83.6 Å². The van der Waals surface area contributed by atoms with Crippen molar-refractivity contribution in [3.8, 4) is 0 Å². The van der Waals surface area contributed by atoms with Crippen LogP contribution in [0.4, 0.5) is 0 Å². The van der Waals surface area contributed by atoms with Crippen LogP contribution in [0, 0.1) is 0 Å². The van der Waals surface area contributed by atoms with Crippen molar-refractivity contribution in [3.63, 3.8) is 0 Å². The Morgan fingerprint density at radius 3 is 2.57 bits per heavy atom. The fourth-order valence-corrected chi connectivity index (χ4v) is 1.66. The highest BCUT2D eigenvalue weighted by molar-refractivity contribution is 5.90. The summed E-state index contributed by atoms with van der Waals surface area (Å²) in [7, 11) is 0. The summed E-state index contributed by atoms with van der Waals surface area (Å²) in [4.78, 5) is 11.2. The van der Waals surface area contributed by atoms with Gasteiger partial charge >= 0.3 is 0 Å². The van der Waals surface area contributed by atoms with Crippen molar-refractivity contribution < 1.29 is 4.79 Å². The van der Waals surface area contributed by atoms with Gasteiger partial charge in [0.25, 0.3) is 0 Å². The van der Waals surface area contributed by atoms with Crippen LogP contribution < -0.4 is 5.32 Å². The maximum absolute atomic E-state index is 11.2. The summed E-state index contributed by atoms with van der Waals surface area (Å²) >= 11 is 0. The lowest BCUT2D eigenvalue weighted by molar-refractivity contribution is -0.120. The van der Waals surface area contributed by atoms with Gasteiger partial charge in [0.2, 0.25) is 5.91 Å². The Bertz CT molecular complexity index is 379. The van der Waals surface area contributed by atoms with Crippen LogP contribution in [0.1, 0.15) is 25.3 Å². The summed E-state index contributed by atoms with van der Waals surface area (Å²) in [6, 6.07) is 9.98. The molecule has 0 aromatic heterocycles. The zero-order valence-corrected chi connectivity index (χ0v) is 8.21. The third-order valence-corrected chi connectivity index (χ3v) is 2.48. The van der Waals surface area contributed by atoms with Gasteiger partial charge in [0.15, 0.2) is 0 Å². The van der Waals surface area contributed by atoms with E-state index in [9.17, 15) is 4.79 Å². The first kappa shape index (κ1) is 9.00. The summed E-state index contributed by atoms with van der Waals surface area (Å²) in [6.07, 6.45) is 1.48. The minimum Gasteiger partial charge on any atom is -0.326 e. The molecule has 1 aliphatic heterocycles. The third kappa shape index (κ3) is 1.69. The molecule has 0 unspecified atom stereocenters. The molecule has 2 rings (SSSR count). The second-order valence-electron chi connectivity index (χ2n) is 3.57. The molecule has 0 atom stereocenters. The van der Waals surface area contributed by atoms with Crippen LogP contribution in [0.25, 0.3) is 5.70 Å². The van der Waals surface area contributed by atoms with Crippen LogP contribution in [0.15, 0.2) is 35.9 Å². The Kier molecular flexibility index (Phi) is 2.35. The van der Waals surface area contributed by atoms with Crippen LogP contribution >= 0.6 is 0 Å². The van der Waals surface area contributed by atoms with Crippen molar-refractivity contribution in [2.45, 2.75) is 19.8 Å². The normalized spacial score (nSPS) is 16.8. The van der Waals surface area contributed by atoms with Gasteiger partial charge < -0.3 is 5.32 Å². The van der Waals surface area contributed by atoms with Crippen molar-refractivity contribution in [2.75, 3.05) is 0 Å². The number of rotatable bonds is 1. The number of carbonyl (C=O) groups excluding carboxylic acids is 1. The van der Waals surface area contributed by atoms with Crippen LogP contribution in [0.3, 0.4) is 0 Å². The van der Waals surface area contributed by atoms with E-state index >= 15 is 0 Å². The highest BCUT2D eigenvalue weighted by atomic mass is 16.1. The van der Waals surface area contributed by atoms with Crippen molar-refractivity contribution in [1.29, 1.82) is 0 Å². The molecule has 0 saturated heterocycles. The smallest absolute Gasteiger partial charge is 0.224 e. The van der Waals surface area contributed by atoms with Gasteiger partial charge in [0.1, 0.15) is 0 Å². The number of nitrogens with one attached hydrogen (secondary N) is 1. The molecule has 0 fully saturated rings. The average molecular weight is 187 g/mol. The number of allylic oxidation sites excluding steroid dienone is 1. The molecule has 14 heavy (non-hydrogen) atoms. The van der Waals surface area contributed by atoms with Crippen molar-refractivity contribution >= 4 is 11.6 Å². The predicted molar refractivity (Wildman–Crippen MR) is 56.4 cm³/mol. The van der Waals surface area contributed by atoms with Gasteiger partial charge in [-0.05, 0) is 24.5 Å². The van der Waals surface area contributed by atoms with E-state index in [1.54, 1.807) is 0 Å². The molecule has 1 aliphatic rings. The van der Waals surface area contributed by atoms with Gasteiger partial charge in [-0.1, -0.05) is 30.3 Å². The lowest BCUT2D eigenvalue weighted by Crippen LogP contribution is -2.26. The monoisotopic (exact) mass is 187 g/mol.